The summed E-state index contributed by atoms with van der Waals surface area (Å²) in [7, 11) is 0. The van der Waals surface area contributed by atoms with E-state index in [-0.39, 0.29) is 18.6 Å². The number of benzene rings is 1. The Kier molecular flexibility index (Phi) is 6.73. The van der Waals surface area contributed by atoms with Crippen LogP contribution in [0.4, 0.5) is 5.69 Å². The fraction of sp³-hybridized carbons (Fsp3) is 0.278. The van der Waals surface area contributed by atoms with Gasteiger partial charge in [0.1, 0.15) is 0 Å². The number of hydrogen-bond donors (Lipinski definition) is 1. The zero-order chi connectivity index (χ0) is 18.4. The summed E-state index contributed by atoms with van der Waals surface area (Å²) in [5.74, 6) is -1.15. The lowest BCUT2D eigenvalue weighted by Gasteiger charge is -2.07. The highest BCUT2D eigenvalue weighted by Gasteiger charge is 2.15. The smallest absolute Gasteiger partial charge is 0.306 e. The number of esters is 1. The van der Waals surface area contributed by atoms with Crippen molar-refractivity contribution in [2.75, 3.05) is 11.9 Å². The topological polar surface area (TPSA) is 72.5 Å². The number of amides is 1. The van der Waals surface area contributed by atoms with E-state index in [1.165, 1.54) is 0 Å². The molecule has 1 heterocycles. The normalized spacial score (nSPS) is 10.4. The molecule has 1 N–H and O–H groups in total. The van der Waals surface area contributed by atoms with Gasteiger partial charge in [-0.05, 0) is 38.1 Å². The highest BCUT2D eigenvalue weighted by atomic mass is 35.5. The molecule has 0 bridgehead atoms. The Morgan fingerprint density at radius 1 is 1.16 bits per heavy atom. The van der Waals surface area contributed by atoms with Gasteiger partial charge in [-0.25, -0.2) is 0 Å². The van der Waals surface area contributed by atoms with Gasteiger partial charge in [-0.2, -0.15) is 0 Å². The van der Waals surface area contributed by atoms with E-state index in [2.05, 4.69) is 5.32 Å². The van der Waals surface area contributed by atoms with Gasteiger partial charge in [0.05, 0.1) is 6.42 Å². The van der Waals surface area contributed by atoms with Crippen molar-refractivity contribution in [3.63, 3.8) is 0 Å². The minimum absolute atomic E-state index is 0.0579. The first-order valence-corrected chi connectivity index (χ1v) is 8.86. The van der Waals surface area contributed by atoms with Gasteiger partial charge >= 0.3 is 5.97 Å². The van der Waals surface area contributed by atoms with Gasteiger partial charge in [0, 0.05) is 32.4 Å². The molecule has 0 fully saturated rings. The molecule has 0 spiro atoms. The van der Waals surface area contributed by atoms with E-state index < -0.39 is 18.5 Å². The molecule has 132 valence electrons. The molecule has 0 saturated carbocycles. The molecule has 0 saturated heterocycles. The number of ether oxygens (including phenoxy) is 1. The lowest BCUT2D eigenvalue weighted by molar-refractivity contribution is -0.147. The molecular formula is C18H18ClNO4S. The van der Waals surface area contributed by atoms with Crippen LogP contribution in [-0.4, -0.2) is 24.3 Å². The van der Waals surface area contributed by atoms with E-state index >= 15 is 0 Å². The van der Waals surface area contributed by atoms with Crippen molar-refractivity contribution in [3.8, 4) is 0 Å². The average molecular weight is 380 g/mol. The third kappa shape index (κ3) is 5.99. The van der Waals surface area contributed by atoms with E-state index in [0.29, 0.717) is 16.3 Å². The van der Waals surface area contributed by atoms with Crippen LogP contribution in [0.25, 0.3) is 0 Å². The summed E-state index contributed by atoms with van der Waals surface area (Å²) in [6, 6.07) is 8.47. The molecule has 0 aliphatic carbocycles. The van der Waals surface area contributed by atoms with Crippen LogP contribution in [0.5, 0.6) is 0 Å². The van der Waals surface area contributed by atoms with Crippen LogP contribution in [0.15, 0.2) is 30.3 Å². The van der Waals surface area contributed by atoms with Crippen molar-refractivity contribution in [2.45, 2.75) is 26.7 Å². The van der Waals surface area contributed by atoms with Crippen LogP contribution < -0.4 is 5.32 Å². The maximum atomic E-state index is 12.1. The number of carbonyl (C=O) groups excluding carboxylic acids is 3. The number of carbonyl (C=O) groups is 3. The number of thiophene rings is 1. The molecular weight excluding hydrogens is 362 g/mol. The molecule has 0 unspecified atom stereocenters. The van der Waals surface area contributed by atoms with Gasteiger partial charge in [0.25, 0.3) is 5.91 Å². The summed E-state index contributed by atoms with van der Waals surface area (Å²) in [6.45, 7) is 3.40. The number of rotatable bonds is 7. The van der Waals surface area contributed by atoms with E-state index in [1.54, 1.807) is 35.6 Å². The fourth-order valence-electron chi connectivity index (χ4n) is 2.24. The second kappa shape index (κ2) is 8.78. The van der Waals surface area contributed by atoms with Crippen LogP contribution in [0.2, 0.25) is 5.02 Å². The lowest BCUT2D eigenvalue weighted by atomic mass is 10.1. The zero-order valence-electron chi connectivity index (χ0n) is 13.9. The standard InChI is InChI=1S/C18H18ClNO4S/c1-11-8-15(12(2)25-11)16(21)6-7-18(23)24-10-17(22)20-14-5-3-4-13(19)9-14/h3-5,8-9H,6-7,10H2,1-2H3,(H,20,22). The summed E-state index contributed by atoms with van der Waals surface area (Å²) in [4.78, 5) is 37.5. The second-order valence-corrected chi connectivity index (χ2v) is 7.37. The quantitative estimate of drug-likeness (QED) is 0.579. The third-order valence-corrected chi connectivity index (χ3v) is 4.57. The maximum absolute atomic E-state index is 12.1. The SMILES string of the molecule is Cc1cc(C(=O)CCC(=O)OCC(=O)Nc2cccc(Cl)c2)c(C)s1. The van der Waals surface area contributed by atoms with Gasteiger partial charge in [-0.15, -0.1) is 11.3 Å². The Balaban J connectivity index is 1.74. The van der Waals surface area contributed by atoms with Crippen molar-refractivity contribution in [1.29, 1.82) is 0 Å². The highest BCUT2D eigenvalue weighted by Crippen LogP contribution is 2.22. The first-order valence-electron chi connectivity index (χ1n) is 7.66. The predicted octanol–water partition coefficient (Wildman–Crippen LogP) is 4.16. The fourth-order valence-corrected chi connectivity index (χ4v) is 3.37. The maximum Gasteiger partial charge on any atom is 0.306 e. The van der Waals surface area contributed by atoms with Gasteiger partial charge in [0.15, 0.2) is 12.4 Å². The molecule has 0 aliphatic heterocycles. The molecule has 7 heteroatoms. The van der Waals surface area contributed by atoms with Crippen LogP contribution in [0, 0.1) is 13.8 Å². The molecule has 1 aromatic heterocycles. The highest BCUT2D eigenvalue weighted by molar-refractivity contribution is 7.12. The number of hydrogen-bond acceptors (Lipinski definition) is 5. The Bertz CT molecular complexity index is 800. The zero-order valence-corrected chi connectivity index (χ0v) is 15.5. The molecule has 5 nitrogen and oxygen atoms in total. The van der Waals surface area contributed by atoms with Crippen LogP contribution in [0.1, 0.15) is 33.0 Å². The van der Waals surface area contributed by atoms with Crippen LogP contribution in [-0.2, 0) is 14.3 Å². The van der Waals surface area contributed by atoms with Crippen molar-refractivity contribution in [2.24, 2.45) is 0 Å². The minimum atomic E-state index is -0.584. The van der Waals surface area contributed by atoms with Gasteiger partial charge in [-0.1, -0.05) is 17.7 Å². The molecule has 0 aliphatic rings. The molecule has 25 heavy (non-hydrogen) atoms. The minimum Gasteiger partial charge on any atom is -0.456 e. The Hall–Kier alpha value is -2.18. The number of nitrogens with one attached hydrogen (secondary N) is 1. The predicted molar refractivity (Wildman–Crippen MR) is 98.4 cm³/mol. The van der Waals surface area contributed by atoms with E-state index in [4.69, 9.17) is 16.3 Å². The van der Waals surface area contributed by atoms with Crippen molar-refractivity contribution >= 4 is 46.3 Å². The first kappa shape index (κ1) is 19.1. The van der Waals surface area contributed by atoms with Crippen molar-refractivity contribution < 1.29 is 19.1 Å². The number of halogens is 1. The Labute approximate surface area is 154 Å². The van der Waals surface area contributed by atoms with Crippen LogP contribution >= 0.6 is 22.9 Å². The number of Topliss-reactive ketones (excluding diaryl/α,β-unsaturated/α-hetero) is 1. The summed E-state index contributed by atoms with van der Waals surface area (Å²) < 4.78 is 4.89. The first-order chi connectivity index (χ1) is 11.8. The summed E-state index contributed by atoms with van der Waals surface area (Å²) >= 11 is 7.37. The van der Waals surface area contributed by atoms with E-state index in [9.17, 15) is 14.4 Å². The third-order valence-electron chi connectivity index (χ3n) is 3.37. The van der Waals surface area contributed by atoms with E-state index in [0.717, 1.165) is 9.75 Å². The lowest BCUT2D eigenvalue weighted by Crippen LogP contribution is -2.21. The number of aryl methyl sites for hydroxylation is 2. The Morgan fingerprint density at radius 2 is 1.92 bits per heavy atom. The van der Waals surface area contributed by atoms with Gasteiger partial charge in [0.2, 0.25) is 0 Å². The molecule has 2 aromatic rings. The van der Waals surface area contributed by atoms with Gasteiger partial charge < -0.3 is 10.1 Å². The van der Waals surface area contributed by atoms with Crippen LogP contribution in [0.3, 0.4) is 0 Å². The van der Waals surface area contributed by atoms with Gasteiger partial charge in [-0.3, -0.25) is 14.4 Å². The summed E-state index contributed by atoms with van der Waals surface area (Å²) in [5, 5.41) is 3.07. The average Bonchev–Trinajstić information content (AvgIpc) is 2.89. The molecule has 0 radical (unpaired) electrons. The molecule has 1 amide bonds. The monoisotopic (exact) mass is 379 g/mol. The molecule has 2 rings (SSSR count). The molecule has 0 atom stereocenters. The molecule has 1 aromatic carbocycles. The number of ketones is 1. The van der Waals surface area contributed by atoms with Crippen molar-refractivity contribution in [1.82, 2.24) is 0 Å². The Morgan fingerprint density at radius 3 is 2.56 bits per heavy atom. The van der Waals surface area contributed by atoms with E-state index in [1.807, 2.05) is 19.9 Å². The second-order valence-electron chi connectivity index (χ2n) is 5.47. The number of anilines is 1. The largest absolute Gasteiger partial charge is 0.456 e. The summed E-state index contributed by atoms with van der Waals surface area (Å²) in [5.41, 5.74) is 1.17. The summed E-state index contributed by atoms with van der Waals surface area (Å²) in [6.07, 6.45) is 0.00334. The van der Waals surface area contributed by atoms with Crippen molar-refractivity contribution in [3.05, 3.63) is 50.7 Å².